The molecule has 1 aliphatic heterocycles. The van der Waals surface area contributed by atoms with Crippen molar-refractivity contribution < 1.29 is 24.2 Å². The Morgan fingerprint density at radius 3 is 1.96 bits per heavy atom. The van der Waals surface area contributed by atoms with Crippen LogP contribution in [0.3, 0.4) is 0 Å². The quantitative estimate of drug-likeness (QED) is 0.660. The predicted molar refractivity (Wildman–Crippen MR) is 100 cm³/mol. The van der Waals surface area contributed by atoms with E-state index in [1.807, 2.05) is 0 Å². The summed E-state index contributed by atoms with van der Waals surface area (Å²) in [6, 6.07) is 17.2. The molecule has 1 fully saturated rings. The molecule has 0 radical (unpaired) electrons. The third kappa shape index (κ3) is 5.23. The van der Waals surface area contributed by atoms with Crippen LogP contribution >= 0.6 is 10.2 Å². The Morgan fingerprint density at radius 1 is 0.893 bits per heavy atom. The first-order valence-corrected chi connectivity index (χ1v) is 10.7. The number of carbonyl (C=O) groups excluding carboxylic acids is 1. The number of hydrogen-bond acceptors (Lipinski definition) is 2. The van der Waals surface area contributed by atoms with E-state index in [4.69, 9.17) is 0 Å². The lowest BCUT2D eigenvalue weighted by Gasteiger charge is -2.47. The van der Waals surface area contributed by atoms with Crippen molar-refractivity contribution in [1.82, 2.24) is 10.2 Å². The number of benzene rings is 2. The second kappa shape index (κ2) is 6.73. The Bertz CT molecular complexity index is 830. The highest BCUT2D eigenvalue weighted by Gasteiger charge is 2.74. The summed E-state index contributed by atoms with van der Waals surface area (Å²) in [6.45, 7) is -1.20. The average molecular weight is 420 g/mol. The lowest BCUT2D eigenvalue weighted by Crippen LogP contribution is -2.41. The molecule has 0 aliphatic carbocycles. The molecule has 2 aromatic rings. The van der Waals surface area contributed by atoms with Crippen LogP contribution in [0.1, 0.15) is 11.1 Å². The highest BCUT2D eigenvalue weighted by molar-refractivity contribution is 8.46. The van der Waals surface area contributed by atoms with E-state index >= 15 is 0 Å². The van der Waals surface area contributed by atoms with Gasteiger partial charge in [-0.05, 0) is 11.1 Å². The first-order valence-electron chi connectivity index (χ1n) is 8.73. The Kier molecular flexibility index (Phi) is 4.95. The predicted octanol–water partition coefficient (Wildman–Crippen LogP) is 5.10. The molecule has 0 unspecified atom stereocenters. The molecule has 1 amide bonds. The number of nitrogens with one attached hydrogen (secondary N) is 1. The maximum atomic E-state index is 13.6. The molecule has 2 aromatic carbocycles. The van der Waals surface area contributed by atoms with Crippen molar-refractivity contribution in [3.05, 3.63) is 71.8 Å². The van der Waals surface area contributed by atoms with E-state index in [1.54, 1.807) is 60.7 Å². The van der Waals surface area contributed by atoms with Crippen LogP contribution in [-0.4, -0.2) is 29.1 Å². The van der Waals surface area contributed by atoms with Gasteiger partial charge < -0.3 is 5.32 Å². The van der Waals surface area contributed by atoms with Gasteiger partial charge in [0.05, 0.1) is 5.92 Å². The summed E-state index contributed by atoms with van der Waals surface area (Å²) in [6.07, 6.45) is 0. The van der Waals surface area contributed by atoms with Crippen molar-refractivity contribution in [1.29, 1.82) is 0 Å². The fraction of sp³-hybridized carbons (Fsp3) is 0.316. The molecule has 28 heavy (non-hydrogen) atoms. The normalized spacial score (nSPS) is 23.0. The fourth-order valence-corrected chi connectivity index (χ4v) is 4.76. The van der Waals surface area contributed by atoms with Gasteiger partial charge >= 0.3 is 0 Å². The summed E-state index contributed by atoms with van der Waals surface area (Å²) >= 11 is 0. The average Bonchev–Trinajstić information content (AvgIpc) is 3.05. The number of halogens is 5. The lowest BCUT2D eigenvalue weighted by atomic mass is 10.1. The summed E-state index contributed by atoms with van der Waals surface area (Å²) < 4.78 is 68.0. The van der Waals surface area contributed by atoms with Crippen LogP contribution in [0.4, 0.5) is 19.4 Å². The van der Waals surface area contributed by atoms with Gasteiger partial charge in [-0.3, -0.25) is 9.69 Å². The van der Waals surface area contributed by atoms with Crippen LogP contribution in [0.15, 0.2) is 60.7 Å². The molecular formula is C19H21F5N2OS. The van der Waals surface area contributed by atoms with Crippen molar-refractivity contribution in [3.8, 4) is 0 Å². The summed E-state index contributed by atoms with van der Waals surface area (Å²) in [5, 5.41) is -0.577. The van der Waals surface area contributed by atoms with Gasteiger partial charge in [-0.1, -0.05) is 80.1 Å². The molecule has 1 saturated heterocycles. The monoisotopic (exact) mass is 420 g/mol. The van der Waals surface area contributed by atoms with Gasteiger partial charge in [-0.15, -0.1) is 0 Å². The number of carbonyl (C=O) groups is 1. The van der Waals surface area contributed by atoms with Crippen molar-refractivity contribution in [2.24, 2.45) is 5.92 Å². The van der Waals surface area contributed by atoms with E-state index < -0.39 is 33.8 Å². The van der Waals surface area contributed by atoms with Crippen LogP contribution in [-0.2, 0) is 17.9 Å². The van der Waals surface area contributed by atoms with Crippen LogP contribution in [0.25, 0.3) is 0 Å². The second-order valence-electron chi connectivity index (χ2n) is 7.06. The molecule has 154 valence electrons. The third-order valence-corrected chi connectivity index (χ3v) is 6.43. The van der Waals surface area contributed by atoms with Crippen LogP contribution in [0, 0.1) is 5.92 Å². The van der Waals surface area contributed by atoms with Gasteiger partial charge in [0, 0.05) is 26.2 Å². The maximum absolute atomic E-state index is 13.6. The van der Waals surface area contributed by atoms with E-state index in [1.165, 1.54) is 4.90 Å². The van der Waals surface area contributed by atoms with Crippen LogP contribution in [0.5, 0.6) is 0 Å². The largest absolute Gasteiger partial charge is 0.352 e. The Balaban J connectivity index is 1.76. The summed E-state index contributed by atoms with van der Waals surface area (Å²) in [4.78, 5) is 13.7. The molecule has 0 bridgehead atoms. The van der Waals surface area contributed by atoms with E-state index in [0.29, 0.717) is 11.1 Å². The van der Waals surface area contributed by atoms with Crippen molar-refractivity contribution in [2.75, 3.05) is 13.1 Å². The second-order valence-corrected chi connectivity index (χ2v) is 9.72. The van der Waals surface area contributed by atoms with Crippen molar-refractivity contribution >= 4 is 16.1 Å². The molecule has 1 N–H and O–H groups in total. The fourth-order valence-electron chi connectivity index (χ4n) is 3.44. The summed E-state index contributed by atoms with van der Waals surface area (Å²) in [5.74, 6) is -2.85. The van der Waals surface area contributed by atoms with E-state index in [9.17, 15) is 24.2 Å². The van der Waals surface area contributed by atoms with Gasteiger partial charge in [0.15, 0.2) is 0 Å². The minimum absolute atomic E-state index is 0.0120. The topological polar surface area (TPSA) is 32.3 Å². The number of likely N-dealkylation sites (tertiary alicyclic amines) is 1. The summed E-state index contributed by atoms with van der Waals surface area (Å²) in [5.41, 5.74) is 1.38. The molecule has 1 heterocycles. The molecule has 0 saturated carbocycles. The molecule has 2 atom stereocenters. The zero-order valence-electron chi connectivity index (χ0n) is 14.9. The molecular weight excluding hydrogens is 399 g/mol. The number of amides is 1. The van der Waals surface area contributed by atoms with Gasteiger partial charge in [-0.25, -0.2) is 0 Å². The van der Waals surface area contributed by atoms with Gasteiger partial charge in [-0.2, -0.15) is 0 Å². The van der Waals surface area contributed by atoms with Crippen LogP contribution < -0.4 is 5.32 Å². The highest BCUT2D eigenvalue weighted by atomic mass is 32.5. The molecule has 1 aliphatic rings. The highest BCUT2D eigenvalue weighted by Crippen LogP contribution is 3.01. The maximum Gasteiger partial charge on any atom is 0.290 e. The molecule has 3 nitrogen and oxygen atoms in total. The van der Waals surface area contributed by atoms with Gasteiger partial charge in [0.2, 0.25) is 5.91 Å². The minimum Gasteiger partial charge on any atom is -0.352 e. The number of nitrogens with zero attached hydrogens (tertiary/aromatic N) is 1. The van der Waals surface area contributed by atoms with Crippen LogP contribution in [0.2, 0.25) is 0 Å². The molecule has 3 rings (SSSR count). The molecule has 9 heteroatoms. The third-order valence-electron chi connectivity index (χ3n) is 4.81. The standard InChI is InChI=1S/C19H21F5N2OS/c20-28(21,22,23,24)18-14-26(12-16-9-5-2-6-10-16)13-17(18)19(27)25-11-15-7-3-1-4-8-15/h1-10,17-18H,11-14H2,(H,25,27)/t17-,18-/m1/s1. The van der Waals surface area contributed by atoms with Crippen molar-refractivity contribution in [2.45, 2.75) is 18.3 Å². The minimum atomic E-state index is -9.84. The summed E-state index contributed by atoms with van der Waals surface area (Å²) in [7, 11) is -9.84. The van der Waals surface area contributed by atoms with E-state index in [0.717, 1.165) is 0 Å². The zero-order valence-corrected chi connectivity index (χ0v) is 15.7. The molecule has 0 aromatic heterocycles. The first kappa shape index (κ1) is 20.6. The van der Waals surface area contributed by atoms with E-state index in [-0.39, 0.29) is 19.6 Å². The number of hydrogen-bond donors (Lipinski definition) is 1. The SMILES string of the molecule is O=C(NCc1ccccc1)[C@@H]1CN(Cc2ccccc2)C[C@H]1S(F)(F)(F)(F)F. The Hall–Kier alpha value is -2.13. The van der Waals surface area contributed by atoms with E-state index in [2.05, 4.69) is 5.32 Å². The smallest absolute Gasteiger partial charge is 0.290 e. The Labute approximate surface area is 160 Å². The lowest BCUT2D eigenvalue weighted by molar-refractivity contribution is -0.124. The number of rotatable bonds is 6. The van der Waals surface area contributed by atoms with Crippen molar-refractivity contribution in [3.63, 3.8) is 0 Å². The molecule has 0 spiro atoms. The Morgan fingerprint density at radius 2 is 1.43 bits per heavy atom. The zero-order chi connectivity index (χ0) is 20.5. The first-order chi connectivity index (χ1) is 12.9. The van der Waals surface area contributed by atoms with Gasteiger partial charge in [0.1, 0.15) is 5.25 Å². The van der Waals surface area contributed by atoms with Gasteiger partial charge in [0.25, 0.3) is 10.2 Å².